The average molecular weight is 406 g/mol. The SMILES string of the molecule is CCCCn1c(-c2cccc(-c3nn[nH]n3)c2)nc2cc(OC)c(OC)cc2c1=O. The second kappa shape index (κ2) is 8.32. The molecule has 2 heterocycles. The predicted molar refractivity (Wildman–Crippen MR) is 113 cm³/mol. The van der Waals surface area contributed by atoms with Crippen LogP contribution in [-0.2, 0) is 6.54 Å². The number of aromatic nitrogens is 6. The Morgan fingerprint density at radius 3 is 2.53 bits per heavy atom. The molecule has 1 N–H and O–H groups in total. The number of ether oxygens (including phenoxy) is 2. The molecule has 0 aliphatic rings. The molecule has 9 heteroatoms. The van der Waals surface area contributed by atoms with Crippen LogP contribution in [0.2, 0.25) is 0 Å². The van der Waals surface area contributed by atoms with Crippen molar-refractivity contribution in [2.24, 2.45) is 0 Å². The Bertz CT molecular complexity index is 1230. The van der Waals surface area contributed by atoms with Crippen LogP contribution in [0, 0.1) is 0 Å². The summed E-state index contributed by atoms with van der Waals surface area (Å²) in [5, 5.41) is 14.6. The third kappa shape index (κ3) is 3.49. The zero-order valence-electron chi connectivity index (χ0n) is 17.0. The molecule has 30 heavy (non-hydrogen) atoms. The van der Waals surface area contributed by atoms with Crippen LogP contribution in [0.15, 0.2) is 41.2 Å². The molecule has 0 unspecified atom stereocenters. The van der Waals surface area contributed by atoms with Gasteiger partial charge in [0.15, 0.2) is 11.5 Å². The number of unbranched alkanes of at least 4 members (excludes halogenated alkanes) is 1. The van der Waals surface area contributed by atoms with Crippen molar-refractivity contribution in [3.05, 3.63) is 46.8 Å². The van der Waals surface area contributed by atoms with Crippen LogP contribution in [0.1, 0.15) is 19.8 Å². The van der Waals surface area contributed by atoms with E-state index in [4.69, 9.17) is 14.5 Å². The smallest absolute Gasteiger partial charge is 0.261 e. The number of fused-ring (bicyclic) bond motifs is 1. The van der Waals surface area contributed by atoms with Gasteiger partial charge < -0.3 is 9.47 Å². The van der Waals surface area contributed by atoms with Crippen LogP contribution < -0.4 is 15.0 Å². The summed E-state index contributed by atoms with van der Waals surface area (Å²) in [4.78, 5) is 18.2. The van der Waals surface area contributed by atoms with E-state index in [1.165, 1.54) is 0 Å². The normalized spacial score (nSPS) is 11.0. The number of nitrogens with zero attached hydrogens (tertiary/aromatic N) is 5. The second-order valence-electron chi connectivity index (χ2n) is 6.79. The quantitative estimate of drug-likeness (QED) is 0.502. The maximum Gasteiger partial charge on any atom is 0.261 e. The summed E-state index contributed by atoms with van der Waals surface area (Å²) in [6.45, 7) is 2.65. The summed E-state index contributed by atoms with van der Waals surface area (Å²) < 4.78 is 12.5. The van der Waals surface area contributed by atoms with Crippen molar-refractivity contribution in [1.29, 1.82) is 0 Å². The lowest BCUT2D eigenvalue weighted by Crippen LogP contribution is -2.23. The molecule has 2 aromatic heterocycles. The minimum atomic E-state index is -0.116. The van der Waals surface area contributed by atoms with Crippen molar-refractivity contribution in [2.75, 3.05) is 14.2 Å². The van der Waals surface area contributed by atoms with E-state index in [9.17, 15) is 4.79 Å². The lowest BCUT2D eigenvalue weighted by Gasteiger charge is -2.15. The number of H-pyrrole nitrogens is 1. The number of aromatic amines is 1. The van der Waals surface area contributed by atoms with Crippen LogP contribution in [-0.4, -0.2) is 44.4 Å². The fraction of sp³-hybridized carbons (Fsp3) is 0.286. The summed E-state index contributed by atoms with van der Waals surface area (Å²) in [6.07, 6.45) is 1.82. The van der Waals surface area contributed by atoms with E-state index in [2.05, 4.69) is 27.5 Å². The maximum absolute atomic E-state index is 13.4. The van der Waals surface area contributed by atoms with Gasteiger partial charge in [-0.15, -0.1) is 10.2 Å². The molecule has 0 saturated heterocycles. The molecule has 0 spiro atoms. The fourth-order valence-corrected chi connectivity index (χ4v) is 3.37. The fourth-order valence-electron chi connectivity index (χ4n) is 3.37. The highest BCUT2D eigenvalue weighted by Gasteiger charge is 2.17. The predicted octanol–water partition coefficient (Wildman–Crippen LogP) is 3.06. The maximum atomic E-state index is 13.4. The van der Waals surface area contributed by atoms with Crippen LogP contribution in [0.3, 0.4) is 0 Å². The number of tetrazole rings is 1. The summed E-state index contributed by atoms with van der Waals surface area (Å²) in [7, 11) is 3.10. The molecule has 0 saturated carbocycles. The zero-order chi connectivity index (χ0) is 21.1. The molecule has 2 aromatic carbocycles. The molecule has 0 fully saturated rings. The third-order valence-electron chi connectivity index (χ3n) is 4.92. The molecular weight excluding hydrogens is 384 g/mol. The average Bonchev–Trinajstić information content (AvgIpc) is 3.32. The first-order valence-corrected chi connectivity index (χ1v) is 9.67. The molecule has 9 nitrogen and oxygen atoms in total. The standard InChI is InChI=1S/C21H22N6O3/c1-4-5-9-27-20(14-8-6-7-13(10-14)19-23-25-26-24-19)22-16-12-18(30-3)17(29-2)11-15(16)21(27)28/h6-8,10-12H,4-5,9H2,1-3H3,(H,23,24,25,26). The second-order valence-corrected chi connectivity index (χ2v) is 6.79. The van der Waals surface area contributed by atoms with Crippen LogP contribution in [0.4, 0.5) is 0 Å². The summed E-state index contributed by atoms with van der Waals surface area (Å²) in [5.41, 5.74) is 2.01. The van der Waals surface area contributed by atoms with Gasteiger partial charge in [0.05, 0.1) is 25.1 Å². The number of hydrogen-bond acceptors (Lipinski definition) is 7. The number of nitrogens with one attached hydrogen (secondary N) is 1. The number of hydrogen-bond donors (Lipinski definition) is 1. The van der Waals surface area contributed by atoms with Gasteiger partial charge in [0.2, 0.25) is 5.82 Å². The largest absolute Gasteiger partial charge is 0.493 e. The van der Waals surface area contributed by atoms with Gasteiger partial charge in [-0.2, -0.15) is 5.21 Å². The Morgan fingerprint density at radius 1 is 1.07 bits per heavy atom. The van der Waals surface area contributed by atoms with Gasteiger partial charge in [-0.1, -0.05) is 31.5 Å². The Kier molecular flexibility index (Phi) is 5.42. The highest BCUT2D eigenvalue weighted by atomic mass is 16.5. The Balaban J connectivity index is 1.96. The van der Waals surface area contributed by atoms with Gasteiger partial charge in [-0.25, -0.2) is 4.98 Å². The van der Waals surface area contributed by atoms with E-state index in [-0.39, 0.29) is 5.56 Å². The van der Waals surface area contributed by atoms with E-state index in [1.807, 2.05) is 24.3 Å². The Hall–Kier alpha value is -3.75. The zero-order valence-corrected chi connectivity index (χ0v) is 17.0. The number of methoxy groups -OCH3 is 2. The van der Waals surface area contributed by atoms with Gasteiger partial charge in [-0.05, 0) is 23.8 Å². The first-order valence-electron chi connectivity index (χ1n) is 9.67. The lowest BCUT2D eigenvalue weighted by atomic mass is 10.1. The topological polar surface area (TPSA) is 108 Å². The molecule has 0 radical (unpaired) electrons. The Morgan fingerprint density at radius 2 is 1.83 bits per heavy atom. The van der Waals surface area contributed by atoms with Crippen molar-refractivity contribution >= 4 is 10.9 Å². The summed E-state index contributed by atoms with van der Waals surface area (Å²) >= 11 is 0. The molecule has 4 rings (SSSR count). The van der Waals surface area contributed by atoms with E-state index in [0.29, 0.717) is 40.6 Å². The molecule has 4 aromatic rings. The third-order valence-corrected chi connectivity index (χ3v) is 4.92. The monoisotopic (exact) mass is 406 g/mol. The Labute approximate surface area is 172 Å². The number of rotatable bonds is 7. The van der Waals surface area contributed by atoms with Gasteiger partial charge in [-0.3, -0.25) is 9.36 Å². The van der Waals surface area contributed by atoms with Gasteiger partial charge in [0, 0.05) is 23.7 Å². The van der Waals surface area contributed by atoms with Crippen LogP contribution in [0.25, 0.3) is 33.7 Å². The van der Waals surface area contributed by atoms with Crippen molar-refractivity contribution < 1.29 is 9.47 Å². The van der Waals surface area contributed by atoms with Crippen molar-refractivity contribution in [2.45, 2.75) is 26.3 Å². The highest BCUT2D eigenvalue weighted by molar-refractivity contribution is 5.84. The number of benzene rings is 2. The van der Waals surface area contributed by atoms with Crippen molar-refractivity contribution in [1.82, 2.24) is 30.2 Å². The first-order chi connectivity index (χ1) is 14.7. The summed E-state index contributed by atoms with van der Waals surface area (Å²) in [6, 6.07) is 11.0. The molecule has 0 atom stereocenters. The molecular formula is C21H22N6O3. The van der Waals surface area contributed by atoms with Gasteiger partial charge >= 0.3 is 0 Å². The van der Waals surface area contributed by atoms with E-state index >= 15 is 0 Å². The molecule has 0 bridgehead atoms. The van der Waals surface area contributed by atoms with E-state index in [1.54, 1.807) is 30.9 Å². The van der Waals surface area contributed by atoms with Crippen LogP contribution in [0.5, 0.6) is 11.5 Å². The lowest BCUT2D eigenvalue weighted by molar-refractivity contribution is 0.355. The molecule has 154 valence electrons. The summed E-state index contributed by atoms with van der Waals surface area (Å²) in [5.74, 6) is 2.08. The molecule has 0 aliphatic heterocycles. The molecule has 0 amide bonds. The van der Waals surface area contributed by atoms with E-state index < -0.39 is 0 Å². The highest BCUT2D eigenvalue weighted by Crippen LogP contribution is 2.31. The van der Waals surface area contributed by atoms with E-state index in [0.717, 1.165) is 24.0 Å². The minimum absolute atomic E-state index is 0.116. The van der Waals surface area contributed by atoms with Gasteiger partial charge in [0.1, 0.15) is 5.82 Å². The minimum Gasteiger partial charge on any atom is -0.493 e. The van der Waals surface area contributed by atoms with Crippen molar-refractivity contribution in [3.8, 4) is 34.3 Å². The van der Waals surface area contributed by atoms with Gasteiger partial charge in [0.25, 0.3) is 5.56 Å². The molecule has 0 aliphatic carbocycles. The van der Waals surface area contributed by atoms with Crippen molar-refractivity contribution in [3.63, 3.8) is 0 Å². The first kappa shape index (κ1) is 19.6. The van der Waals surface area contributed by atoms with Crippen LogP contribution >= 0.6 is 0 Å².